The van der Waals surface area contributed by atoms with Crippen molar-refractivity contribution in [3.8, 4) is 0 Å². The Bertz CT molecular complexity index is 365. The summed E-state index contributed by atoms with van der Waals surface area (Å²) < 4.78 is 0. The Hall–Kier alpha value is -1.06. The maximum absolute atomic E-state index is 11.7. The van der Waals surface area contributed by atoms with E-state index < -0.39 is 0 Å². The molecule has 0 saturated carbocycles. The van der Waals surface area contributed by atoms with Crippen LogP contribution in [0.15, 0.2) is 24.3 Å². The van der Waals surface area contributed by atoms with E-state index in [9.17, 15) is 4.79 Å². The number of likely N-dealkylation sites (N-methyl/N-ethyl adjacent to an activating group) is 1. The van der Waals surface area contributed by atoms with Crippen molar-refractivity contribution in [1.82, 2.24) is 10.6 Å². The van der Waals surface area contributed by atoms with Crippen LogP contribution in [-0.4, -0.2) is 25.0 Å². The molecule has 3 nitrogen and oxygen atoms in total. The summed E-state index contributed by atoms with van der Waals surface area (Å²) in [4.78, 5) is 11.7. The first-order chi connectivity index (χ1) is 8.61. The fourth-order valence-electron chi connectivity index (χ4n) is 1.79. The van der Waals surface area contributed by atoms with Crippen molar-refractivity contribution in [2.75, 3.05) is 13.1 Å². The summed E-state index contributed by atoms with van der Waals surface area (Å²) in [5, 5.41) is 6.21. The number of halogens is 1. The minimum absolute atomic E-state index is 0. The molecule has 4 heteroatoms. The Morgan fingerprint density at radius 1 is 1.26 bits per heavy atom. The monoisotopic (exact) mass is 284 g/mol. The van der Waals surface area contributed by atoms with Gasteiger partial charge in [-0.3, -0.25) is 4.79 Å². The Labute approximate surface area is 122 Å². The normalized spacial score (nSPS) is 11.5. The van der Waals surface area contributed by atoms with Gasteiger partial charge in [-0.15, -0.1) is 12.4 Å². The van der Waals surface area contributed by atoms with Crippen molar-refractivity contribution in [3.63, 3.8) is 0 Å². The highest BCUT2D eigenvalue weighted by atomic mass is 35.5. The first kappa shape index (κ1) is 17.9. The summed E-state index contributed by atoms with van der Waals surface area (Å²) in [6.07, 6.45) is 1.36. The van der Waals surface area contributed by atoms with E-state index in [4.69, 9.17) is 0 Å². The lowest BCUT2D eigenvalue weighted by Crippen LogP contribution is -2.38. The van der Waals surface area contributed by atoms with Gasteiger partial charge in [0.2, 0.25) is 5.91 Å². The average molecular weight is 285 g/mol. The number of carbonyl (C=O) groups excluding carboxylic acids is 1. The van der Waals surface area contributed by atoms with Gasteiger partial charge in [0, 0.05) is 19.0 Å². The van der Waals surface area contributed by atoms with Gasteiger partial charge in [0.25, 0.3) is 0 Å². The first-order valence-corrected chi connectivity index (χ1v) is 6.67. The van der Waals surface area contributed by atoms with E-state index in [0.29, 0.717) is 19.0 Å². The quantitative estimate of drug-likeness (QED) is 0.808. The number of hydrogen-bond donors (Lipinski definition) is 2. The summed E-state index contributed by atoms with van der Waals surface area (Å²) >= 11 is 0. The second kappa shape index (κ2) is 9.82. The maximum Gasteiger partial charge on any atom is 0.220 e. The zero-order valence-corrected chi connectivity index (χ0v) is 12.8. The molecule has 1 atom stereocenters. The largest absolute Gasteiger partial charge is 0.355 e. The van der Waals surface area contributed by atoms with Crippen LogP contribution in [0.4, 0.5) is 0 Å². The van der Waals surface area contributed by atoms with Gasteiger partial charge in [-0.2, -0.15) is 0 Å². The van der Waals surface area contributed by atoms with E-state index in [0.717, 1.165) is 13.0 Å². The summed E-state index contributed by atoms with van der Waals surface area (Å²) in [5.74, 6) is 0.125. The average Bonchev–Trinajstić information content (AvgIpc) is 2.36. The molecule has 0 bridgehead atoms. The van der Waals surface area contributed by atoms with Crippen molar-refractivity contribution < 1.29 is 4.79 Å². The number of nitrogens with one attached hydrogen (secondary N) is 2. The van der Waals surface area contributed by atoms with Gasteiger partial charge in [0.05, 0.1) is 0 Å². The van der Waals surface area contributed by atoms with E-state index in [-0.39, 0.29) is 18.3 Å². The van der Waals surface area contributed by atoms with Crippen LogP contribution in [0.25, 0.3) is 0 Å². The Morgan fingerprint density at radius 2 is 1.89 bits per heavy atom. The summed E-state index contributed by atoms with van der Waals surface area (Å²) in [6.45, 7) is 7.83. The van der Waals surface area contributed by atoms with Crippen LogP contribution in [0, 0.1) is 6.92 Å². The standard InChI is InChI=1S/C15H24N2O.ClH/c1-4-16-13(3)11-17-15(18)10-9-14-7-5-12(2)6-8-14;/h5-8,13,16H,4,9-11H2,1-3H3,(H,17,18);1H/t13-;/m1./s1. The summed E-state index contributed by atoms with van der Waals surface area (Å²) in [6, 6.07) is 8.67. The number of aryl methyl sites for hydroxylation is 2. The smallest absolute Gasteiger partial charge is 0.220 e. The Morgan fingerprint density at radius 3 is 2.47 bits per heavy atom. The predicted molar refractivity (Wildman–Crippen MR) is 82.9 cm³/mol. The van der Waals surface area contributed by atoms with Gasteiger partial charge in [-0.25, -0.2) is 0 Å². The zero-order valence-electron chi connectivity index (χ0n) is 12.0. The third kappa shape index (κ3) is 7.85. The van der Waals surface area contributed by atoms with Crippen LogP contribution < -0.4 is 10.6 Å². The molecule has 1 aromatic rings. The summed E-state index contributed by atoms with van der Waals surface area (Å²) in [7, 11) is 0. The van der Waals surface area contributed by atoms with Gasteiger partial charge in [0.1, 0.15) is 0 Å². The van der Waals surface area contributed by atoms with Crippen molar-refractivity contribution in [3.05, 3.63) is 35.4 Å². The lowest BCUT2D eigenvalue weighted by molar-refractivity contribution is -0.121. The molecule has 1 aromatic carbocycles. The zero-order chi connectivity index (χ0) is 13.4. The number of amides is 1. The molecular formula is C15H25ClN2O. The van der Waals surface area contributed by atoms with Crippen molar-refractivity contribution in [1.29, 1.82) is 0 Å². The van der Waals surface area contributed by atoms with Crippen molar-refractivity contribution >= 4 is 18.3 Å². The van der Waals surface area contributed by atoms with Crippen LogP contribution in [0.1, 0.15) is 31.4 Å². The van der Waals surface area contributed by atoms with E-state index in [1.54, 1.807) is 0 Å². The number of hydrogen-bond acceptors (Lipinski definition) is 2. The molecule has 0 aromatic heterocycles. The van der Waals surface area contributed by atoms with E-state index in [1.807, 2.05) is 0 Å². The van der Waals surface area contributed by atoms with Crippen molar-refractivity contribution in [2.24, 2.45) is 0 Å². The number of benzene rings is 1. The van der Waals surface area contributed by atoms with Crippen molar-refractivity contribution in [2.45, 2.75) is 39.7 Å². The molecule has 2 N–H and O–H groups in total. The lowest BCUT2D eigenvalue weighted by Gasteiger charge is -2.13. The molecule has 0 radical (unpaired) electrons. The minimum Gasteiger partial charge on any atom is -0.355 e. The fourth-order valence-corrected chi connectivity index (χ4v) is 1.79. The van der Waals surface area contributed by atoms with Gasteiger partial charge >= 0.3 is 0 Å². The highest BCUT2D eigenvalue weighted by Crippen LogP contribution is 2.05. The molecule has 0 heterocycles. The molecule has 0 aliphatic rings. The second-order valence-corrected chi connectivity index (χ2v) is 4.75. The fraction of sp³-hybridized carbons (Fsp3) is 0.533. The van der Waals surface area contributed by atoms with Crippen LogP contribution >= 0.6 is 12.4 Å². The second-order valence-electron chi connectivity index (χ2n) is 4.75. The van der Waals surface area contributed by atoms with Crippen LogP contribution in [0.2, 0.25) is 0 Å². The van der Waals surface area contributed by atoms with Crippen LogP contribution in [-0.2, 0) is 11.2 Å². The first-order valence-electron chi connectivity index (χ1n) is 6.67. The molecule has 0 fully saturated rings. The molecule has 0 spiro atoms. The summed E-state index contributed by atoms with van der Waals surface area (Å²) in [5.41, 5.74) is 2.47. The molecule has 1 rings (SSSR count). The topological polar surface area (TPSA) is 41.1 Å². The number of rotatable bonds is 7. The molecular weight excluding hydrogens is 260 g/mol. The SMILES string of the molecule is CCN[C@H](C)CNC(=O)CCc1ccc(C)cc1.Cl. The molecule has 108 valence electrons. The van der Waals surface area contributed by atoms with Gasteiger partial charge in [-0.1, -0.05) is 36.8 Å². The minimum atomic E-state index is 0. The van der Waals surface area contributed by atoms with E-state index in [2.05, 4.69) is 55.7 Å². The molecule has 0 aliphatic carbocycles. The van der Waals surface area contributed by atoms with E-state index in [1.165, 1.54) is 11.1 Å². The molecule has 0 saturated heterocycles. The molecule has 0 unspecified atom stereocenters. The van der Waals surface area contributed by atoms with Gasteiger partial charge < -0.3 is 10.6 Å². The molecule has 0 aliphatic heterocycles. The highest BCUT2D eigenvalue weighted by Gasteiger charge is 2.04. The highest BCUT2D eigenvalue weighted by molar-refractivity contribution is 5.85. The van der Waals surface area contributed by atoms with Crippen LogP contribution in [0.3, 0.4) is 0 Å². The predicted octanol–water partition coefficient (Wildman–Crippen LogP) is 2.46. The van der Waals surface area contributed by atoms with E-state index >= 15 is 0 Å². The number of carbonyl (C=O) groups is 1. The Balaban J connectivity index is 0.00000324. The third-order valence-electron chi connectivity index (χ3n) is 2.92. The maximum atomic E-state index is 11.7. The van der Waals surface area contributed by atoms with Crippen LogP contribution in [0.5, 0.6) is 0 Å². The Kier molecular flexibility index (Phi) is 9.27. The van der Waals surface area contributed by atoms with Gasteiger partial charge in [-0.05, 0) is 32.4 Å². The lowest BCUT2D eigenvalue weighted by atomic mass is 10.1. The molecule has 1 amide bonds. The van der Waals surface area contributed by atoms with Gasteiger partial charge in [0.15, 0.2) is 0 Å². The third-order valence-corrected chi connectivity index (χ3v) is 2.92. The molecule has 19 heavy (non-hydrogen) atoms.